The SMILES string of the molecule is CCCn1c(=O)c(=O)[nH]c2cc(-n3ccnc3)c(C(F)(F)F)cc21.O. The Morgan fingerprint density at radius 1 is 1.24 bits per heavy atom. The number of benzene rings is 1. The first-order valence-corrected chi connectivity index (χ1v) is 7.19. The molecule has 0 bridgehead atoms. The molecule has 0 radical (unpaired) electrons. The third kappa shape index (κ3) is 3.20. The van der Waals surface area contributed by atoms with E-state index in [1.165, 1.54) is 29.4 Å². The predicted molar refractivity (Wildman–Crippen MR) is 84.9 cm³/mol. The number of hydrogen-bond acceptors (Lipinski definition) is 3. The molecule has 0 amide bonds. The van der Waals surface area contributed by atoms with Crippen molar-refractivity contribution >= 4 is 11.0 Å². The number of rotatable bonds is 3. The summed E-state index contributed by atoms with van der Waals surface area (Å²) in [7, 11) is 0. The molecular formula is C15H15F3N4O3. The molecule has 0 unspecified atom stereocenters. The normalized spacial score (nSPS) is 11.5. The number of nitrogens with zero attached hydrogens (tertiary/aromatic N) is 3. The summed E-state index contributed by atoms with van der Waals surface area (Å²) >= 11 is 0. The highest BCUT2D eigenvalue weighted by Crippen LogP contribution is 2.35. The Hall–Kier alpha value is -2.88. The Kier molecular flexibility index (Phi) is 4.84. The molecule has 0 saturated heterocycles. The molecular weight excluding hydrogens is 341 g/mol. The van der Waals surface area contributed by atoms with Crippen molar-refractivity contribution in [3.8, 4) is 5.69 Å². The summed E-state index contributed by atoms with van der Waals surface area (Å²) in [4.78, 5) is 29.8. The van der Waals surface area contributed by atoms with Gasteiger partial charge in [-0.2, -0.15) is 13.2 Å². The highest BCUT2D eigenvalue weighted by molar-refractivity contribution is 5.79. The van der Waals surface area contributed by atoms with Crippen LogP contribution >= 0.6 is 0 Å². The van der Waals surface area contributed by atoms with E-state index in [9.17, 15) is 22.8 Å². The second-order valence-corrected chi connectivity index (χ2v) is 5.27. The van der Waals surface area contributed by atoms with Crippen molar-refractivity contribution in [3.05, 3.63) is 57.1 Å². The van der Waals surface area contributed by atoms with Gasteiger partial charge in [-0.25, -0.2) is 4.98 Å². The lowest BCUT2D eigenvalue weighted by Crippen LogP contribution is -2.36. The topological polar surface area (TPSA) is 104 Å². The van der Waals surface area contributed by atoms with Gasteiger partial charge in [0.2, 0.25) is 0 Å². The van der Waals surface area contributed by atoms with Gasteiger partial charge in [0, 0.05) is 18.9 Å². The number of alkyl halides is 3. The van der Waals surface area contributed by atoms with Gasteiger partial charge in [-0.05, 0) is 18.6 Å². The van der Waals surface area contributed by atoms with E-state index in [-0.39, 0.29) is 28.7 Å². The van der Waals surface area contributed by atoms with Gasteiger partial charge < -0.3 is 19.6 Å². The van der Waals surface area contributed by atoms with Gasteiger partial charge in [0.15, 0.2) is 0 Å². The van der Waals surface area contributed by atoms with Crippen LogP contribution in [0.2, 0.25) is 0 Å². The molecule has 3 rings (SSSR count). The summed E-state index contributed by atoms with van der Waals surface area (Å²) in [6.07, 6.45) is -0.168. The van der Waals surface area contributed by atoms with Gasteiger partial charge in [-0.15, -0.1) is 0 Å². The maximum Gasteiger partial charge on any atom is 0.418 e. The second kappa shape index (κ2) is 6.55. The summed E-state index contributed by atoms with van der Waals surface area (Å²) in [5.74, 6) is 0. The molecule has 0 aliphatic carbocycles. The number of imidazole rings is 1. The van der Waals surface area contributed by atoms with Crippen LogP contribution in [0, 0.1) is 0 Å². The van der Waals surface area contributed by atoms with Gasteiger partial charge in [0.1, 0.15) is 0 Å². The van der Waals surface area contributed by atoms with Crippen LogP contribution in [0.1, 0.15) is 18.9 Å². The van der Waals surface area contributed by atoms with Crippen LogP contribution in [0.25, 0.3) is 16.7 Å². The smallest absolute Gasteiger partial charge is 0.412 e. The minimum absolute atomic E-state index is 0. The first-order chi connectivity index (χ1) is 11.3. The fourth-order valence-electron chi connectivity index (χ4n) is 2.60. The molecule has 0 fully saturated rings. The van der Waals surface area contributed by atoms with E-state index in [4.69, 9.17) is 0 Å². The van der Waals surface area contributed by atoms with E-state index in [1.807, 2.05) is 0 Å². The summed E-state index contributed by atoms with van der Waals surface area (Å²) in [6.45, 7) is 1.92. The van der Waals surface area contributed by atoms with E-state index in [1.54, 1.807) is 6.92 Å². The van der Waals surface area contributed by atoms with E-state index < -0.39 is 22.9 Å². The average Bonchev–Trinajstić information content (AvgIpc) is 3.04. The number of aromatic nitrogens is 4. The van der Waals surface area contributed by atoms with Crippen LogP contribution in [0.3, 0.4) is 0 Å². The summed E-state index contributed by atoms with van der Waals surface area (Å²) < 4.78 is 42.7. The Bertz CT molecular complexity index is 1000. The van der Waals surface area contributed by atoms with E-state index in [0.29, 0.717) is 6.42 Å². The Balaban J connectivity index is 0.00000225. The Morgan fingerprint density at radius 3 is 2.52 bits per heavy atom. The van der Waals surface area contributed by atoms with Gasteiger partial charge in [0.05, 0.1) is 28.6 Å². The van der Waals surface area contributed by atoms with Crippen molar-refractivity contribution in [2.75, 3.05) is 0 Å². The lowest BCUT2D eigenvalue weighted by molar-refractivity contribution is -0.137. The number of H-pyrrole nitrogens is 1. The molecule has 0 aliphatic rings. The third-order valence-electron chi connectivity index (χ3n) is 3.63. The molecule has 3 aromatic rings. The second-order valence-electron chi connectivity index (χ2n) is 5.27. The molecule has 0 aliphatic heterocycles. The minimum Gasteiger partial charge on any atom is -0.412 e. The molecule has 0 atom stereocenters. The molecule has 2 heterocycles. The van der Waals surface area contributed by atoms with E-state index >= 15 is 0 Å². The lowest BCUT2D eigenvalue weighted by Gasteiger charge is -2.16. The molecule has 0 spiro atoms. The monoisotopic (exact) mass is 356 g/mol. The summed E-state index contributed by atoms with van der Waals surface area (Å²) in [6, 6.07) is 2.09. The number of halogens is 3. The van der Waals surface area contributed by atoms with Crippen LogP contribution in [-0.2, 0) is 12.7 Å². The molecule has 3 N–H and O–H groups in total. The quantitative estimate of drug-likeness (QED) is 0.719. The van der Waals surface area contributed by atoms with Crippen molar-refractivity contribution in [2.45, 2.75) is 26.1 Å². The summed E-state index contributed by atoms with van der Waals surface area (Å²) in [5, 5.41) is 0. The summed E-state index contributed by atoms with van der Waals surface area (Å²) in [5.41, 5.74) is -2.63. The molecule has 134 valence electrons. The first-order valence-electron chi connectivity index (χ1n) is 7.19. The van der Waals surface area contributed by atoms with Crippen molar-refractivity contribution in [3.63, 3.8) is 0 Å². The van der Waals surface area contributed by atoms with Gasteiger partial charge in [-0.3, -0.25) is 9.59 Å². The number of aromatic amines is 1. The predicted octanol–water partition coefficient (Wildman–Crippen LogP) is 1.48. The molecule has 2 aromatic heterocycles. The number of nitrogens with one attached hydrogen (secondary N) is 1. The standard InChI is InChI=1S/C15H13F3N4O2.H2O/c1-2-4-22-12-6-9(15(16,17)18)11(21-5-3-19-8-21)7-10(12)20-13(23)14(22)24;/h3,5-8H,2,4H2,1H3,(H,20,23);1H2. The largest absolute Gasteiger partial charge is 0.418 e. The molecule has 1 aromatic carbocycles. The van der Waals surface area contributed by atoms with Crippen molar-refractivity contribution in [2.24, 2.45) is 0 Å². The highest BCUT2D eigenvalue weighted by Gasteiger charge is 2.35. The van der Waals surface area contributed by atoms with Crippen LogP contribution in [0.15, 0.2) is 40.4 Å². The van der Waals surface area contributed by atoms with Crippen molar-refractivity contribution in [1.29, 1.82) is 0 Å². The fourth-order valence-corrected chi connectivity index (χ4v) is 2.60. The number of aryl methyl sites for hydroxylation is 1. The van der Waals surface area contributed by atoms with Crippen LogP contribution in [-0.4, -0.2) is 24.6 Å². The highest BCUT2D eigenvalue weighted by atomic mass is 19.4. The Morgan fingerprint density at radius 2 is 1.96 bits per heavy atom. The van der Waals surface area contributed by atoms with Crippen LogP contribution < -0.4 is 11.1 Å². The van der Waals surface area contributed by atoms with Crippen molar-refractivity contribution in [1.82, 2.24) is 19.1 Å². The third-order valence-corrected chi connectivity index (χ3v) is 3.63. The lowest BCUT2D eigenvalue weighted by atomic mass is 10.1. The van der Waals surface area contributed by atoms with Crippen LogP contribution in [0.5, 0.6) is 0 Å². The Labute approximate surface area is 138 Å². The first kappa shape index (κ1) is 18.5. The zero-order valence-electron chi connectivity index (χ0n) is 13.1. The molecule has 25 heavy (non-hydrogen) atoms. The maximum absolute atomic E-state index is 13.5. The van der Waals surface area contributed by atoms with E-state index in [2.05, 4.69) is 9.97 Å². The fraction of sp³-hybridized carbons (Fsp3) is 0.267. The van der Waals surface area contributed by atoms with E-state index in [0.717, 1.165) is 10.6 Å². The zero-order valence-corrected chi connectivity index (χ0v) is 13.1. The van der Waals surface area contributed by atoms with Crippen LogP contribution in [0.4, 0.5) is 13.2 Å². The number of fused-ring (bicyclic) bond motifs is 1. The van der Waals surface area contributed by atoms with Gasteiger partial charge in [0.25, 0.3) is 0 Å². The van der Waals surface area contributed by atoms with Gasteiger partial charge >= 0.3 is 17.3 Å². The molecule has 0 saturated carbocycles. The average molecular weight is 356 g/mol. The number of hydrogen-bond donors (Lipinski definition) is 1. The van der Waals surface area contributed by atoms with Gasteiger partial charge in [-0.1, -0.05) is 6.92 Å². The molecule has 10 heteroatoms. The molecule has 7 nitrogen and oxygen atoms in total. The minimum atomic E-state index is -4.63. The maximum atomic E-state index is 13.5. The zero-order chi connectivity index (χ0) is 17.5. The van der Waals surface area contributed by atoms with Crippen molar-refractivity contribution < 1.29 is 18.6 Å².